The highest BCUT2D eigenvalue weighted by atomic mass is 79.9. The number of carbonyl (C=O) groups excluding carboxylic acids is 4. The second-order valence-corrected chi connectivity index (χ2v) is 11.0. The van der Waals surface area contributed by atoms with Crippen LogP contribution in [0.2, 0.25) is 0 Å². The minimum Gasteiger partial charge on any atom is -0.472 e. The number of rotatable bonds is 4. The molecule has 0 bridgehead atoms. The number of hydrogen-bond acceptors (Lipinski definition) is 8. The summed E-state index contributed by atoms with van der Waals surface area (Å²) in [6.45, 7) is 1.92. The molecular formula is C27H27BrO8. The van der Waals surface area contributed by atoms with Crippen LogP contribution in [0, 0.1) is 29.1 Å². The van der Waals surface area contributed by atoms with Gasteiger partial charge < -0.3 is 18.6 Å². The zero-order valence-corrected chi connectivity index (χ0v) is 21.6. The number of furan rings is 1. The van der Waals surface area contributed by atoms with E-state index < -0.39 is 47.3 Å². The molecule has 0 radical (unpaired) electrons. The van der Waals surface area contributed by atoms with Crippen molar-refractivity contribution in [3.63, 3.8) is 0 Å². The van der Waals surface area contributed by atoms with Crippen molar-refractivity contribution in [3.8, 4) is 0 Å². The first-order chi connectivity index (χ1) is 17.2. The average Bonchev–Trinajstić information content (AvgIpc) is 3.40. The van der Waals surface area contributed by atoms with Gasteiger partial charge in [-0.3, -0.25) is 14.4 Å². The third kappa shape index (κ3) is 4.17. The van der Waals surface area contributed by atoms with Crippen LogP contribution in [0.15, 0.2) is 51.7 Å². The number of halogens is 1. The van der Waals surface area contributed by atoms with Gasteiger partial charge in [-0.15, -0.1) is 0 Å². The molecule has 0 unspecified atom stereocenters. The van der Waals surface area contributed by atoms with E-state index in [0.717, 1.165) is 5.56 Å². The van der Waals surface area contributed by atoms with Crippen LogP contribution in [0.4, 0.5) is 0 Å². The van der Waals surface area contributed by atoms with Crippen molar-refractivity contribution in [2.24, 2.45) is 29.1 Å². The van der Waals surface area contributed by atoms with Crippen LogP contribution < -0.4 is 0 Å². The number of hydrogen-bond donors (Lipinski definition) is 0. The average molecular weight is 559 g/mol. The molecule has 1 aromatic carbocycles. The second kappa shape index (κ2) is 9.50. The van der Waals surface area contributed by atoms with Crippen molar-refractivity contribution in [1.82, 2.24) is 0 Å². The summed E-state index contributed by atoms with van der Waals surface area (Å²) in [5.41, 5.74) is 0.283. The maximum Gasteiger partial charge on any atom is 0.338 e. The maximum atomic E-state index is 14.0. The van der Waals surface area contributed by atoms with Gasteiger partial charge in [0.1, 0.15) is 6.10 Å². The highest BCUT2D eigenvalue weighted by Gasteiger charge is 2.63. The predicted molar refractivity (Wildman–Crippen MR) is 128 cm³/mol. The van der Waals surface area contributed by atoms with Gasteiger partial charge in [-0.1, -0.05) is 28.9 Å². The lowest BCUT2D eigenvalue weighted by Crippen LogP contribution is -2.61. The summed E-state index contributed by atoms with van der Waals surface area (Å²) in [5, 5.41) is 0. The third-order valence-electron chi connectivity index (χ3n) is 8.28. The fraction of sp³-hybridized carbons (Fsp3) is 0.481. The Balaban J connectivity index is 1.49. The molecule has 5 rings (SSSR count). The van der Waals surface area contributed by atoms with Crippen molar-refractivity contribution < 1.29 is 37.8 Å². The van der Waals surface area contributed by atoms with Crippen molar-refractivity contribution in [1.29, 1.82) is 0 Å². The first-order valence-corrected chi connectivity index (χ1v) is 12.8. The van der Waals surface area contributed by atoms with Gasteiger partial charge in [-0.05, 0) is 54.9 Å². The van der Waals surface area contributed by atoms with Gasteiger partial charge in [0.15, 0.2) is 11.9 Å². The number of methoxy groups -OCH3 is 1. The smallest absolute Gasteiger partial charge is 0.338 e. The molecule has 8 nitrogen and oxygen atoms in total. The van der Waals surface area contributed by atoms with E-state index in [2.05, 4.69) is 15.9 Å². The number of fused-ring (bicyclic) bond motifs is 3. The van der Waals surface area contributed by atoms with Crippen LogP contribution >= 0.6 is 15.9 Å². The van der Waals surface area contributed by atoms with Crippen molar-refractivity contribution in [2.75, 3.05) is 7.11 Å². The zero-order valence-electron chi connectivity index (χ0n) is 20.0. The van der Waals surface area contributed by atoms with E-state index in [1.807, 2.05) is 6.92 Å². The van der Waals surface area contributed by atoms with Crippen molar-refractivity contribution in [3.05, 3.63) is 58.5 Å². The lowest BCUT2D eigenvalue weighted by atomic mass is 9.48. The standard InChI is InChI=1S/C27H27BrO8/c1-27-8-6-17-18(11-20(35-25(17)31)15-7-9-34-13-15)22(27)23(29)21(12-19(27)26(32)33-2)36-24(30)14-4-3-5-16(28)10-14/h3-5,7,9-10,13,17-22H,6,8,11-12H2,1-2H3/t17-,18+,19+,20+,21+,22+,27+/m1/s1. The normalized spacial score (nSPS) is 33.6. The Kier molecular flexibility index (Phi) is 6.53. The molecule has 2 aromatic rings. The Morgan fingerprint density at radius 3 is 2.67 bits per heavy atom. The first kappa shape index (κ1) is 24.7. The summed E-state index contributed by atoms with van der Waals surface area (Å²) in [4.78, 5) is 52.9. The van der Waals surface area contributed by atoms with Gasteiger partial charge in [0.2, 0.25) is 0 Å². The van der Waals surface area contributed by atoms with Gasteiger partial charge in [-0.2, -0.15) is 0 Å². The summed E-state index contributed by atoms with van der Waals surface area (Å²) in [6, 6.07) is 8.43. The van der Waals surface area contributed by atoms with Crippen LogP contribution in [-0.2, 0) is 28.6 Å². The summed E-state index contributed by atoms with van der Waals surface area (Å²) in [6.07, 6.45) is 2.84. The summed E-state index contributed by atoms with van der Waals surface area (Å²) >= 11 is 3.34. The molecule has 1 aliphatic heterocycles. The topological polar surface area (TPSA) is 109 Å². The number of ether oxygens (including phenoxy) is 3. The molecule has 2 heterocycles. The molecular weight excluding hydrogens is 532 g/mol. The van der Waals surface area contributed by atoms with Gasteiger partial charge in [0.05, 0.1) is 37.0 Å². The first-order valence-electron chi connectivity index (χ1n) is 12.0. The van der Waals surface area contributed by atoms with E-state index in [0.29, 0.717) is 29.3 Å². The number of ketones is 1. The zero-order chi connectivity index (χ0) is 25.6. The fourth-order valence-corrected chi connectivity index (χ4v) is 6.89. The molecule has 190 valence electrons. The van der Waals surface area contributed by atoms with Gasteiger partial charge in [0, 0.05) is 22.4 Å². The van der Waals surface area contributed by atoms with Crippen LogP contribution in [0.1, 0.15) is 54.6 Å². The second-order valence-electron chi connectivity index (χ2n) is 10.1. The number of carbonyl (C=O) groups is 4. The lowest BCUT2D eigenvalue weighted by molar-refractivity contribution is -0.190. The Hall–Kier alpha value is -2.94. The molecule has 2 saturated carbocycles. The number of esters is 3. The monoisotopic (exact) mass is 558 g/mol. The molecule has 7 atom stereocenters. The summed E-state index contributed by atoms with van der Waals surface area (Å²) in [5.74, 6) is -3.85. The summed E-state index contributed by atoms with van der Waals surface area (Å²) < 4.78 is 22.4. The van der Waals surface area contributed by atoms with E-state index in [1.165, 1.54) is 19.6 Å². The van der Waals surface area contributed by atoms with Gasteiger partial charge in [0.25, 0.3) is 0 Å². The van der Waals surface area contributed by atoms with Crippen LogP contribution in [0.3, 0.4) is 0 Å². The van der Waals surface area contributed by atoms with E-state index in [9.17, 15) is 19.2 Å². The maximum absolute atomic E-state index is 14.0. The van der Waals surface area contributed by atoms with Crippen LogP contribution in [-0.4, -0.2) is 36.9 Å². The van der Waals surface area contributed by atoms with Crippen molar-refractivity contribution >= 4 is 39.6 Å². The fourth-order valence-electron chi connectivity index (χ4n) is 6.49. The molecule has 3 aliphatic rings. The van der Waals surface area contributed by atoms with E-state index in [1.54, 1.807) is 30.3 Å². The Morgan fingerprint density at radius 2 is 1.97 bits per heavy atom. The summed E-state index contributed by atoms with van der Waals surface area (Å²) in [7, 11) is 1.32. The molecule has 9 heteroatoms. The SMILES string of the molecule is COC(=O)[C@@H]1C[C@H](OC(=O)c2cccc(Br)c2)C(=O)[C@@H]2[C@H]3C[C@@H](c4ccoc4)OC(=O)[C@@H]3CC[C@]21C. The molecule has 0 amide bonds. The molecule has 1 saturated heterocycles. The molecule has 0 spiro atoms. The van der Waals surface area contributed by atoms with E-state index >= 15 is 0 Å². The van der Waals surface area contributed by atoms with Crippen molar-refractivity contribution in [2.45, 2.75) is 44.8 Å². The van der Waals surface area contributed by atoms with E-state index in [-0.39, 0.29) is 24.1 Å². The number of benzene rings is 1. The highest BCUT2D eigenvalue weighted by molar-refractivity contribution is 9.10. The molecule has 2 aliphatic carbocycles. The highest BCUT2D eigenvalue weighted by Crippen LogP contribution is 2.59. The van der Waals surface area contributed by atoms with Gasteiger partial charge in [-0.25, -0.2) is 4.79 Å². The molecule has 1 aromatic heterocycles. The largest absolute Gasteiger partial charge is 0.472 e. The quantitative estimate of drug-likeness (QED) is 0.393. The van der Waals surface area contributed by atoms with Crippen LogP contribution in [0.25, 0.3) is 0 Å². The van der Waals surface area contributed by atoms with Gasteiger partial charge >= 0.3 is 17.9 Å². The Labute approximate surface area is 216 Å². The Morgan fingerprint density at radius 1 is 1.17 bits per heavy atom. The molecule has 3 fully saturated rings. The minimum atomic E-state index is -1.12. The molecule has 0 N–H and O–H groups in total. The number of Topliss-reactive ketones (excluding diaryl/α,β-unsaturated/α-hetero) is 1. The number of cyclic esters (lactones) is 1. The Bertz CT molecular complexity index is 1190. The van der Waals surface area contributed by atoms with E-state index in [4.69, 9.17) is 18.6 Å². The minimum absolute atomic E-state index is 0.0469. The molecule has 36 heavy (non-hydrogen) atoms. The predicted octanol–water partition coefficient (Wildman–Crippen LogP) is 4.67. The van der Waals surface area contributed by atoms with Crippen LogP contribution in [0.5, 0.6) is 0 Å². The lowest BCUT2D eigenvalue weighted by Gasteiger charge is -2.56. The third-order valence-corrected chi connectivity index (χ3v) is 8.77.